The first kappa shape index (κ1) is 15.5. The number of Topliss-reactive ketones (excluding diaryl/α,β-unsaturated/α-hetero) is 1. The van der Waals surface area contributed by atoms with Gasteiger partial charge in [-0.1, -0.05) is 12.1 Å². The Morgan fingerprint density at radius 3 is 2.70 bits per heavy atom. The SMILES string of the molecule is NC(=O)CC(=O)NC12CCCC1OC(c1ccc(O)cc1)C2=O. The highest BCUT2D eigenvalue weighted by Crippen LogP contribution is 2.45. The van der Waals surface area contributed by atoms with E-state index in [4.69, 9.17) is 10.5 Å². The summed E-state index contributed by atoms with van der Waals surface area (Å²) in [5.74, 6) is -1.42. The van der Waals surface area contributed by atoms with Crippen LogP contribution in [0.5, 0.6) is 5.75 Å². The predicted octanol–water partition coefficient (Wildman–Crippen LogP) is 0.315. The van der Waals surface area contributed by atoms with Crippen LogP contribution in [0.4, 0.5) is 0 Å². The van der Waals surface area contributed by atoms with Gasteiger partial charge in [-0.25, -0.2) is 0 Å². The van der Waals surface area contributed by atoms with Gasteiger partial charge in [0.2, 0.25) is 11.8 Å². The van der Waals surface area contributed by atoms with Gasteiger partial charge >= 0.3 is 0 Å². The number of ketones is 1. The van der Waals surface area contributed by atoms with E-state index >= 15 is 0 Å². The third-order valence-electron chi connectivity index (χ3n) is 4.46. The Hall–Kier alpha value is -2.41. The summed E-state index contributed by atoms with van der Waals surface area (Å²) < 4.78 is 5.87. The highest BCUT2D eigenvalue weighted by atomic mass is 16.5. The van der Waals surface area contributed by atoms with Crippen LogP contribution >= 0.6 is 0 Å². The fraction of sp³-hybridized carbons (Fsp3) is 0.438. The van der Waals surface area contributed by atoms with Crippen LogP contribution in [0.3, 0.4) is 0 Å². The molecule has 122 valence electrons. The van der Waals surface area contributed by atoms with Crippen molar-refractivity contribution in [2.45, 2.75) is 43.4 Å². The van der Waals surface area contributed by atoms with Crippen LogP contribution < -0.4 is 11.1 Å². The number of carbonyl (C=O) groups is 3. The van der Waals surface area contributed by atoms with E-state index in [2.05, 4.69) is 5.32 Å². The molecule has 1 aliphatic carbocycles. The number of nitrogens with two attached hydrogens (primary N) is 1. The van der Waals surface area contributed by atoms with Crippen LogP contribution in [0.2, 0.25) is 0 Å². The van der Waals surface area contributed by atoms with Gasteiger partial charge in [-0.3, -0.25) is 14.4 Å². The zero-order valence-electron chi connectivity index (χ0n) is 12.5. The molecule has 4 N–H and O–H groups in total. The molecule has 3 rings (SSSR count). The zero-order chi connectivity index (χ0) is 16.6. The van der Waals surface area contributed by atoms with Crippen molar-refractivity contribution in [2.75, 3.05) is 0 Å². The second-order valence-electron chi connectivity index (χ2n) is 6.02. The molecule has 1 aliphatic heterocycles. The van der Waals surface area contributed by atoms with Gasteiger partial charge in [0.05, 0.1) is 6.10 Å². The van der Waals surface area contributed by atoms with E-state index in [1.165, 1.54) is 12.1 Å². The average molecular weight is 318 g/mol. The monoisotopic (exact) mass is 318 g/mol. The van der Waals surface area contributed by atoms with Crippen LogP contribution in [-0.2, 0) is 19.1 Å². The number of nitrogens with one attached hydrogen (secondary N) is 1. The van der Waals surface area contributed by atoms with E-state index in [0.717, 1.165) is 6.42 Å². The maximum atomic E-state index is 12.9. The summed E-state index contributed by atoms with van der Waals surface area (Å²) in [7, 11) is 0. The van der Waals surface area contributed by atoms with Crippen LogP contribution in [0.25, 0.3) is 0 Å². The summed E-state index contributed by atoms with van der Waals surface area (Å²) in [4.78, 5) is 35.7. The van der Waals surface area contributed by atoms with Crippen molar-refractivity contribution in [3.8, 4) is 5.75 Å². The number of phenols is 1. The van der Waals surface area contributed by atoms with Gasteiger partial charge in [-0.05, 0) is 37.0 Å². The number of hydrogen-bond acceptors (Lipinski definition) is 5. The van der Waals surface area contributed by atoms with Crippen molar-refractivity contribution in [1.82, 2.24) is 5.32 Å². The van der Waals surface area contributed by atoms with Gasteiger partial charge in [-0.15, -0.1) is 0 Å². The molecule has 1 heterocycles. The summed E-state index contributed by atoms with van der Waals surface area (Å²) in [6, 6.07) is 6.21. The number of phenolic OH excluding ortho intramolecular Hbond substituents is 1. The molecule has 1 saturated heterocycles. The molecule has 1 aromatic carbocycles. The van der Waals surface area contributed by atoms with E-state index in [1.54, 1.807) is 12.1 Å². The van der Waals surface area contributed by atoms with Gasteiger partial charge in [0.15, 0.2) is 5.78 Å². The van der Waals surface area contributed by atoms with E-state index in [-0.39, 0.29) is 11.5 Å². The topological polar surface area (TPSA) is 119 Å². The molecule has 0 bridgehead atoms. The van der Waals surface area contributed by atoms with Crippen molar-refractivity contribution in [2.24, 2.45) is 5.73 Å². The summed E-state index contributed by atoms with van der Waals surface area (Å²) in [5, 5.41) is 12.0. The Balaban J connectivity index is 1.84. The standard InChI is InChI=1S/C16H18N2O5/c17-12(20)8-13(21)18-16-7-1-2-11(16)23-14(15(16)22)9-3-5-10(19)6-4-9/h3-6,11,14,19H,1-2,7-8H2,(H2,17,20)(H,18,21). The third kappa shape index (κ3) is 2.68. The molecular formula is C16H18N2O5. The zero-order valence-corrected chi connectivity index (χ0v) is 12.5. The Labute approximate surface area is 132 Å². The highest BCUT2D eigenvalue weighted by Gasteiger charge is 2.59. The normalized spacial score (nSPS) is 29.3. The molecule has 2 fully saturated rings. The minimum Gasteiger partial charge on any atom is -0.508 e. The second-order valence-corrected chi connectivity index (χ2v) is 6.02. The molecule has 7 nitrogen and oxygen atoms in total. The number of fused-ring (bicyclic) bond motifs is 1. The Morgan fingerprint density at radius 1 is 1.35 bits per heavy atom. The Bertz CT molecular complexity index is 657. The average Bonchev–Trinajstić information content (AvgIpc) is 2.97. The number of benzene rings is 1. The summed E-state index contributed by atoms with van der Waals surface area (Å²) in [6.45, 7) is 0. The quantitative estimate of drug-likeness (QED) is 0.691. The fourth-order valence-corrected chi connectivity index (χ4v) is 3.43. The summed E-state index contributed by atoms with van der Waals surface area (Å²) in [6.07, 6.45) is 0.258. The third-order valence-corrected chi connectivity index (χ3v) is 4.46. The molecule has 3 unspecified atom stereocenters. The van der Waals surface area contributed by atoms with Crippen molar-refractivity contribution < 1.29 is 24.2 Å². The lowest BCUT2D eigenvalue weighted by atomic mass is 9.87. The number of ether oxygens (including phenoxy) is 1. The molecular weight excluding hydrogens is 300 g/mol. The Kier molecular flexibility index (Phi) is 3.81. The van der Waals surface area contributed by atoms with Crippen molar-refractivity contribution in [3.63, 3.8) is 0 Å². The first-order valence-electron chi connectivity index (χ1n) is 7.50. The lowest BCUT2D eigenvalue weighted by Gasteiger charge is -2.27. The summed E-state index contributed by atoms with van der Waals surface area (Å²) >= 11 is 0. The minimum atomic E-state index is -1.09. The van der Waals surface area contributed by atoms with Gasteiger partial charge in [0.1, 0.15) is 23.8 Å². The number of aromatic hydroxyl groups is 1. The Morgan fingerprint density at radius 2 is 2.04 bits per heavy atom. The lowest BCUT2D eigenvalue weighted by molar-refractivity contribution is -0.133. The van der Waals surface area contributed by atoms with E-state index in [9.17, 15) is 19.5 Å². The van der Waals surface area contributed by atoms with Crippen molar-refractivity contribution in [3.05, 3.63) is 29.8 Å². The predicted molar refractivity (Wildman–Crippen MR) is 79.3 cm³/mol. The first-order valence-corrected chi connectivity index (χ1v) is 7.50. The lowest BCUT2D eigenvalue weighted by Crippen LogP contribution is -2.56. The summed E-state index contributed by atoms with van der Waals surface area (Å²) in [5.41, 5.74) is 4.57. The number of carbonyl (C=O) groups excluding carboxylic acids is 3. The van der Waals surface area contributed by atoms with E-state index in [1.807, 2.05) is 0 Å². The molecule has 0 spiro atoms. The van der Waals surface area contributed by atoms with Crippen molar-refractivity contribution >= 4 is 17.6 Å². The molecule has 7 heteroatoms. The minimum absolute atomic E-state index is 0.101. The van der Waals surface area contributed by atoms with Crippen LogP contribution in [0.1, 0.15) is 37.4 Å². The van der Waals surface area contributed by atoms with Crippen LogP contribution in [0, 0.1) is 0 Å². The van der Waals surface area contributed by atoms with E-state index in [0.29, 0.717) is 18.4 Å². The molecule has 2 amide bonds. The van der Waals surface area contributed by atoms with Gasteiger partial charge in [0, 0.05) is 0 Å². The maximum absolute atomic E-state index is 12.9. The van der Waals surface area contributed by atoms with E-state index < -0.39 is 36.0 Å². The highest BCUT2D eigenvalue weighted by molar-refractivity contribution is 6.02. The number of rotatable bonds is 4. The molecule has 3 atom stereocenters. The molecule has 0 radical (unpaired) electrons. The maximum Gasteiger partial charge on any atom is 0.230 e. The number of hydrogen-bond donors (Lipinski definition) is 3. The molecule has 0 aromatic heterocycles. The fourth-order valence-electron chi connectivity index (χ4n) is 3.43. The van der Waals surface area contributed by atoms with Crippen LogP contribution in [-0.4, -0.2) is 34.3 Å². The molecule has 1 aromatic rings. The van der Waals surface area contributed by atoms with Gasteiger partial charge in [-0.2, -0.15) is 0 Å². The van der Waals surface area contributed by atoms with Gasteiger partial charge < -0.3 is 20.9 Å². The largest absolute Gasteiger partial charge is 0.508 e. The van der Waals surface area contributed by atoms with Gasteiger partial charge in [0.25, 0.3) is 0 Å². The second kappa shape index (κ2) is 5.66. The van der Waals surface area contributed by atoms with Crippen molar-refractivity contribution in [1.29, 1.82) is 0 Å². The smallest absolute Gasteiger partial charge is 0.230 e. The number of amides is 2. The first-order chi connectivity index (χ1) is 10.9. The molecule has 1 saturated carbocycles. The molecule has 23 heavy (non-hydrogen) atoms. The molecule has 2 aliphatic rings. The van der Waals surface area contributed by atoms with Crippen LogP contribution in [0.15, 0.2) is 24.3 Å². The number of primary amides is 1.